The summed E-state index contributed by atoms with van der Waals surface area (Å²) >= 11 is 12.1. The Morgan fingerprint density at radius 2 is 1.77 bits per heavy atom. The van der Waals surface area contributed by atoms with Crippen LogP contribution in [0.3, 0.4) is 0 Å². The lowest BCUT2D eigenvalue weighted by atomic mass is 9.70. The molecule has 0 aromatic rings. The third kappa shape index (κ3) is 2.66. The van der Waals surface area contributed by atoms with Crippen molar-refractivity contribution in [3.63, 3.8) is 0 Å². The molecular weight excluding hydrogens is 331 g/mol. The Bertz CT molecular complexity index is 506. The van der Waals surface area contributed by atoms with Crippen LogP contribution in [0.15, 0.2) is 0 Å². The number of alkyl halides is 2. The molecule has 0 bridgehead atoms. The molecule has 0 radical (unpaired) electrons. The summed E-state index contributed by atoms with van der Waals surface area (Å²) in [5.74, 6) is -1.43. The molecule has 3 rings (SSSR count). The van der Waals surface area contributed by atoms with Crippen molar-refractivity contribution in [3.8, 4) is 0 Å². The first-order valence-corrected chi connectivity index (χ1v) is 8.37. The van der Waals surface area contributed by atoms with Crippen LogP contribution in [0.25, 0.3) is 0 Å². The minimum absolute atomic E-state index is 0.106. The van der Waals surface area contributed by atoms with E-state index in [9.17, 15) is 9.59 Å². The summed E-state index contributed by atoms with van der Waals surface area (Å²) in [4.78, 5) is 23.1. The van der Waals surface area contributed by atoms with Gasteiger partial charge < -0.3 is 14.2 Å². The van der Waals surface area contributed by atoms with E-state index < -0.39 is 16.2 Å². The highest BCUT2D eigenvalue weighted by Gasteiger charge is 2.59. The van der Waals surface area contributed by atoms with Crippen molar-refractivity contribution in [2.24, 2.45) is 11.8 Å². The van der Waals surface area contributed by atoms with Gasteiger partial charge in [-0.15, -0.1) is 23.2 Å². The van der Waals surface area contributed by atoms with E-state index in [-0.39, 0.29) is 42.2 Å². The molecule has 3 fully saturated rings. The van der Waals surface area contributed by atoms with Crippen molar-refractivity contribution >= 4 is 35.0 Å². The maximum atomic E-state index is 12.1. The van der Waals surface area contributed by atoms with Crippen molar-refractivity contribution in [2.45, 2.75) is 68.5 Å². The topological polar surface area (TPSA) is 61.8 Å². The van der Waals surface area contributed by atoms with Gasteiger partial charge >= 0.3 is 5.97 Å². The third-order valence-electron chi connectivity index (χ3n) is 4.94. The Kier molecular flexibility index (Phi) is 4.00. The molecule has 22 heavy (non-hydrogen) atoms. The minimum Gasteiger partial charge on any atom is -0.456 e. The molecule has 2 saturated heterocycles. The average Bonchev–Trinajstić information content (AvgIpc) is 2.84. The summed E-state index contributed by atoms with van der Waals surface area (Å²) < 4.78 is 17.2. The summed E-state index contributed by atoms with van der Waals surface area (Å²) in [6.07, 6.45) is 0.326. The molecule has 3 aliphatic rings. The number of carbonyl (C=O) groups is 2. The molecule has 1 aliphatic carbocycles. The molecule has 5 unspecified atom stereocenters. The van der Waals surface area contributed by atoms with Gasteiger partial charge in [-0.3, -0.25) is 9.59 Å². The molecule has 124 valence electrons. The number of cyclic esters (lactones) is 1. The number of hydrogen-bond acceptors (Lipinski definition) is 5. The first-order valence-electron chi connectivity index (χ1n) is 7.50. The summed E-state index contributed by atoms with van der Waals surface area (Å²) in [5, 5.41) is 0. The van der Waals surface area contributed by atoms with E-state index in [0.29, 0.717) is 12.8 Å². The van der Waals surface area contributed by atoms with Crippen molar-refractivity contribution in [1.29, 1.82) is 0 Å². The van der Waals surface area contributed by atoms with E-state index in [1.165, 1.54) is 0 Å². The van der Waals surface area contributed by atoms with Crippen molar-refractivity contribution in [3.05, 3.63) is 0 Å². The molecule has 1 saturated carbocycles. The number of rotatable bonds is 2. The zero-order valence-corrected chi connectivity index (χ0v) is 14.3. The Morgan fingerprint density at radius 3 is 2.41 bits per heavy atom. The molecule has 7 heteroatoms. The number of Topliss-reactive ketones (excluding diaryl/α,β-unsaturated/α-hetero) is 1. The summed E-state index contributed by atoms with van der Waals surface area (Å²) in [6, 6.07) is 0. The smallest absolute Gasteiger partial charge is 0.306 e. The second-order valence-corrected chi connectivity index (χ2v) is 8.11. The van der Waals surface area contributed by atoms with Crippen LogP contribution in [-0.2, 0) is 23.8 Å². The Balaban J connectivity index is 1.92. The normalized spacial score (nSPS) is 44.3. The number of ether oxygens (including phenoxy) is 3. The molecule has 5 atom stereocenters. The fourth-order valence-electron chi connectivity index (χ4n) is 3.97. The fourth-order valence-corrected chi connectivity index (χ4v) is 4.38. The molecule has 0 spiro atoms. The van der Waals surface area contributed by atoms with Crippen LogP contribution >= 0.6 is 23.2 Å². The van der Waals surface area contributed by atoms with Crippen LogP contribution < -0.4 is 0 Å². The highest BCUT2D eigenvalue weighted by atomic mass is 35.5. The second kappa shape index (κ2) is 5.33. The number of halogens is 2. The Labute approximate surface area is 139 Å². The van der Waals surface area contributed by atoms with Crippen LogP contribution in [-0.4, -0.2) is 40.2 Å². The van der Waals surface area contributed by atoms with Crippen molar-refractivity contribution in [1.82, 2.24) is 0 Å². The highest BCUT2D eigenvalue weighted by Crippen LogP contribution is 2.50. The molecule has 2 aliphatic heterocycles. The van der Waals surface area contributed by atoms with Gasteiger partial charge in [-0.05, 0) is 20.8 Å². The van der Waals surface area contributed by atoms with Crippen LogP contribution in [0.1, 0.15) is 40.0 Å². The maximum absolute atomic E-state index is 12.1. The SMILES string of the molecule is CC1(C)OC2CC(=O)CC(C3CC(=O)OC3(C)C(Cl)Cl)C2O1. The fraction of sp³-hybridized carbons (Fsp3) is 0.867. The lowest BCUT2D eigenvalue weighted by Crippen LogP contribution is -2.50. The van der Waals surface area contributed by atoms with E-state index in [4.69, 9.17) is 37.4 Å². The highest BCUT2D eigenvalue weighted by molar-refractivity contribution is 6.45. The van der Waals surface area contributed by atoms with E-state index >= 15 is 0 Å². The lowest BCUT2D eigenvalue weighted by molar-refractivity contribution is -0.155. The standard InChI is InChI=1S/C15H20Cl2O5/c1-14(2)20-10-5-7(18)4-8(12(10)22-14)9-6-11(19)21-15(9,3)13(16)17/h8-10,12-13H,4-6H2,1-3H3. The van der Waals surface area contributed by atoms with Gasteiger partial charge in [0, 0.05) is 24.7 Å². The lowest BCUT2D eigenvalue weighted by Gasteiger charge is -2.40. The molecule has 5 nitrogen and oxygen atoms in total. The van der Waals surface area contributed by atoms with E-state index in [1.807, 2.05) is 13.8 Å². The Hall–Kier alpha value is -0.360. The minimum atomic E-state index is -1.01. The third-order valence-corrected chi connectivity index (χ3v) is 5.81. The second-order valence-electron chi connectivity index (χ2n) is 7.02. The maximum Gasteiger partial charge on any atom is 0.306 e. The van der Waals surface area contributed by atoms with Crippen LogP contribution in [0.2, 0.25) is 0 Å². The van der Waals surface area contributed by atoms with E-state index in [2.05, 4.69) is 0 Å². The molecule has 0 aromatic heterocycles. The van der Waals surface area contributed by atoms with Crippen LogP contribution in [0.5, 0.6) is 0 Å². The molecule has 0 N–H and O–H groups in total. The van der Waals surface area contributed by atoms with Gasteiger partial charge in [-0.1, -0.05) is 0 Å². The first-order chi connectivity index (χ1) is 10.1. The first kappa shape index (κ1) is 16.5. The summed E-state index contributed by atoms with van der Waals surface area (Å²) in [6.45, 7) is 5.38. The van der Waals surface area contributed by atoms with Gasteiger partial charge in [0.25, 0.3) is 0 Å². The van der Waals surface area contributed by atoms with Gasteiger partial charge in [0.2, 0.25) is 0 Å². The number of ketones is 1. The van der Waals surface area contributed by atoms with Gasteiger partial charge in [0.15, 0.2) is 5.79 Å². The zero-order chi connectivity index (χ0) is 16.3. The van der Waals surface area contributed by atoms with Crippen LogP contribution in [0, 0.1) is 11.8 Å². The van der Waals surface area contributed by atoms with E-state index in [0.717, 1.165) is 0 Å². The van der Waals surface area contributed by atoms with Crippen molar-refractivity contribution in [2.75, 3.05) is 0 Å². The monoisotopic (exact) mass is 350 g/mol. The quantitative estimate of drug-likeness (QED) is 0.565. The number of hydrogen-bond donors (Lipinski definition) is 0. The molecule has 2 heterocycles. The van der Waals surface area contributed by atoms with Gasteiger partial charge in [0.1, 0.15) is 16.2 Å². The van der Waals surface area contributed by atoms with Gasteiger partial charge in [-0.2, -0.15) is 0 Å². The predicted octanol–water partition coefficient (Wildman–Crippen LogP) is 2.61. The van der Waals surface area contributed by atoms with E-state index in [1.54, 1.807) is 6.92 Å². The summed E-state index contributed by atoms with van der Waals surface area (Å²) in [7, 11) is 0. The molecule has 0 aromatic carbocycles. The number of esters is 1. The predicted molar refractivity (Wildman–Crippen MR) is 79.7 cm³/mol. The zero-order valence-electron chi connectivity index (χ0n) is 12.8. The number of carbonyl (C=O) groups excluding carboxylic acids is 2. The van der Waals surface area contributed by atoms with Crippen LogP contribution in [0.4, 0.5) is 0 Å². The average molecular weight is 351 g/mol. The van der Waals surface area contributed by atoms with Gasteiger partial charge in [-0.25, -0.2) is 0 Å². The number of fused-ring (bicyclic) bond motifs is 1. The largest absolute Gasteiger partial charge is 0.456 e. The molecule has 0 amide bonds. The van der Waals surface area contributed by atoms with Crippen molar-refractivity contribution < 1.29 is 23.8 Å². The summed E-state index contributed by atoms with van der Waals surface area (Å²) in [5.41, 5.74) is -1.01. The molecular formula is C15H20Cl2O5. The van der Waals surface area contributed by atoms with Gasteiger partial charge in [0.05, 0.1) is 18.6 Å². The Morgan fingerprint density at radius 1 is 1.09 bits per heavy atom.